The molecule has 0 aliphatic carbocycles. The van der Waals surface area contributed by atoms with E-state index in [1.165, 1.54) is 0 Å². The van der Waals surface area contributed by atoms with Crippen LogP contribution in [0.4, 0.5) is 18.9 Å². The van der Waals surface area contributed by atoms with Crippen LogP contribution in [0.25, 0.3) is 0 Å². The van der Waals surface area contributed by atoms with Crippen LogP contribution >= 0.6 is 0 Å². The number of anilines is 1. The molecule has 0 aliphatic rings. The second-order valence-electron chi connectivity index (χ2n) is 5.36. The fraction of sp³-hybridized carbons (Fsp3) is 0.533. The zero-order valence-electron chi connectivity index (χ0n) is 13.0. The van der Waals surface area contributed by atoms with Crippen molar-refractivity contribution in [3.63, 3.8) is 0 Å². The molecule has 4 nitrogen and oxygen atoms in total. The second-order valence-corrected chi connectivity index (χ2v) is 5.36. The molecule has 7 heteroatoms. The number of aryl methyl sites for hydroxylation is 1. The lowest BCUT2D eigenvalue weighted by atomic mass is 10.1. The van der Waals surface area contributed by atoms with Crippen LogP contribution in [0.2, 0.25) is 0 Å². The highest BCUT2D eigenvalue weighted by molar-refractivity contribution is 5.91. The first-order valence-corrected chi connectivity index (χ1v) is 6.86. The third-order valence-corrected chi connectivity index (χ3v) is 2.76. The summed E-state index contributed by atoms with van der Waals surface area (Å²) in [4.78, 5) is 13.7. The number of halogens is 3. The number of carbonyl (C=O) groups is 1. The van der Waals surface area contributed by atoms with E-state index in [4.69, 9.17) is 0 Å². The molecule has 0 fully saturated rings. The fourth-order valence-corrected chi connectivity index (χ4v) is 1.88. The Labute approximate surface area is 128 Å². The van der Waals surface area contributed by atoms with Gasteiger partial charge < -0.3 is 15.0 Å². The standard InChI is InChI=1S/C15H21F3N2O2/c1-11-4-5-13(12(8-11)9-20(2)3)19-14(21)6-7-22-10-15(16,17)18/h4-5,8H,6-7,9-10H2,1-3H3,(H,19,21). The molecule has 1 rings (SSSR count). The van der Waals surface area contributed by atoms with E-state index >= 15 is 0 Å². The normalized spacial score (nSPS) is 11.8. The van der Waals surface area contributed by atoms with E-state index in [2.05, 4.69) is 10.1 Å². The Hall–Kier alpha value is -1.60. The molecule has 0 saturated heterocycles. The zero-order chi connectivity index (χ0) is 16.8. The highest BCUT2D eigenvalue weighted by Gasteiger charge is 2.27. The maximum absolute atomic E-state index is 11.9. The fourth-order valence-electron chi connectivity index (χ4n) is 1.88. The predicted octanol–water partition coefficient (Wildman–Crippen LogP) is 2.96. The van der Waals surface area contributed by atoms with Crippen molar-refractivity contribution in [1.29, 1.82) is 0 Å². The Bertz CT molecular complexity index is 502. The van der Waals surface area contributed by atoms with E-state index in [1.807, 2.05) is 38.1 Å². The molecule has 0 unspecified atom stereocenters. The van der Waals surface area contributed by atoms with Crippen LogP contribution in [0, 0.1) is 6.92 Å². The first kappa shape index (κ1) is 18.4. The minimum absolute atomic E-state index is 0.120. The maximum Gasteiger partial charge on any atom is 0.411 e. The topological polar surface area (TPSA) is 41.6 Å². The van der Waals surface area contributed by atoms with Crippen molar-refractivity contribution in [2.24, 2.45) is 0 Å². The predicted molar refractivity (Wildman–Crippen MR) is 78.7 cm³/mol. The Kier molecular flexibility index (Phi) is 6.83. The number of benzene rings is 1. The van der Waals surface area contributed by atoms with Crippen LogP contribution in [-0.2, 0) is 16.1 Å². The van der Waals surface area contributed by atoms with Crippen LogP contribution in [0.1, 0.15) is 17.5 Å². The molecule has 0 aromatic heterocycles. The molecule has 22 heavy (non-hydrogen) atoms. The van der Waals surface area contributed by atoms with E-state index in [-0.39, 0.29) is 18.9 Å². The van der Waals surface area contributed by atoms with Crippen molar-refractivity contribution in [2.75, 3.05) is 32.6 Å². The number of ether oxygens (including phenoxy) is 1. The number of nitrogens with zero attached hydrogens (tertiary/aromatic N) is 1. The smallest absolute Gasteiger partial charge is 0.372 e. The maximum atomic E-state index is 11.9. The summed E-state index contributed by atoms with van der Waals surface area (Å²) < 4.78 is 40.2. The highest BCUT2D eigenvalue weighted by atomic mass is 19.4. The van der Waals surface area contributed by atoms with Gasteiger partial charge in [0.2, 0.25) is 5.91 Å². The van der Waals surface area contributed by atoms with Crippen molar-refractivity contribution in [3.8, 4) is 0 Å². The second kappa shape index (κ2) is 8.14. The minimum Gasteiger partial charge on any atom is -0.372 e. The molecule has 1 amide bonds. The van der Waals surface area contributed by atoms with Gasteiger partial charge in [0.25, 0.3) is 0 Å². The lowest BCUT2D eigenvalue weighted by molar-refractivity contribution is -0.174. The molecule has 0 heterocycles. The van der Waals surface area contributed by atoms with Gasteiger partial charge in [-0.15, -0.1) is 0 Å². The van der Waals surface area contributed by atoms with Crippen molar-refractivity contribution in [3.05, 3.63) is 29.3 Å². The quantitative estimate of drug-likeness (QED) is 0.786. The molecule has 0 saturated carbocycles. The Balaban J connectivity index is 2.53. The van der Waals surface area contributed by atoms with Crippen LogP contribution < -0.4 is 5.32 Å². The van der Waals surface area contributed by atoms with Gasteiger partial charge in [0.1, 0.15) is 6.61 Å². The molecule has 0 aliphatic heterocycles. The van der Waals surface area contributed by atoms with E-state index in [9.17, 15) is 18.0 Å². The van der Waals surface area contributed by atoms with Gasteiger partial charge in [0.15, 0.2) is 0 Å². The highest BCUT2D eigenvalue weighted by Crippen LogP contribution is 2.19. The van der Waals surface area contributed by atoms with Crippen molar-refractivity contribution in [1.82, 2.24) is 4.90 Å². The first-order chi connectivity index (χ1) is 10.2. The molecular formula is C15H21F3N2O2. The Morgan fingerprint density at radius 2 is 2.00 bits per heavy atom. The summed E-state index contributed by atoms with van der Waals surface area (Å²) in [6.45, 7) is 1.01. The van der Waals surface area contributed by atoms with Gasteiger partial charge in [-0.2, -0.15) is 13.2 Å². The monoisotopic (exact) mass is 318 g/mol. The summed E-state index contributed by atoms with van der Waals surface area (Å²) in [5, 5.41) is 2.71. The SMILES string of the molecule is Cc1ccc(NC(=O)CCOCC(F)(F)F)c(CN(C)C)c1. The number of alkyl halides is 3. The van der Waals surface area contributed by atoms with Gasteiger partial charge in [0, 0.05) is 12.2 Å². The molecule has 0 spiro atoms. The van der Waals surface area contributed by atoms with E-state index in [0.29, 0.717) is 12.2 Å². The van der Waals surface area contributed by atoms with E-state index < -0.39 is 12.8 Å². The van der Waals surface area contributed by atoms with Gasteiger partial charge in [-0.05, 0) is 32.6 Å². The summed E-state index contributed by atoms with van der Waals surface area (Å²) in [6.07, 6.45) is -4.49. The van der Waals surface area contributed by atoms with Gasteiger partial charge in [-0.25, -0.2) is 0 Å². The molecule has 0 radical (unpaired) electrons. The average molecular weight is 318 g/mol. The molecular weight excluding hydrogens is 297 g/mol. The molecule has 1 N–H and O–H groups in total. The third-order valence-electron chi connectivity index (χ3n) is 2.76. The summed E-state index contributed by atoms with van der Waals surface area (Å²) in [5.41, 5.74) is 2.69. The van der Waals surface area contributed by atoms with Gasteiger partial charge in [-0.3, -0.25) is 4.79 Å². The largest absolute Gasteiger partial charge is 0.411 e. The van der Waals surface area contributed by atoms with Crippen LogP contribution in [0.3, 0.4) is 0 Å². The number of hydrogen-bond donors (Lipinski definition) is 1. The summed E-state index contributed by atoms with van der Waals surface area (Å²) in [7, 11) is 3.83. The molecule has 1 aromatic rings. The van der Waals surface area contributed by atoms with E-state index in [1.54, 1.807) is 6.07 Å². The minimum atomic E-state index is -4.37. The lowest BCUT2D eigenvalue weighted by Crippen LogP contribution is -2.21. The number of rotatable bonds is 7. The first-order valence-electron chi connectivity index (χ1n) is 6.86. The van der Waals surface area contributed by atoms with Crippen molar-refractivity contribution >= 4 is 11.6 Å². The third kappa shape index (κ3) is 7.42. The molecule has 124 valence electrons. The molecule has 0 atom stereocenters. The average Bonchev–Trinajstić information content (AvgIpc) is 2.36. The number of hydrogen-bond acceptors (Lipinski definition) is 3. The van der Waals surface area contributed by atoms with Crippen molar-refractivity contribution in [2.45, 2.75) is 26.1 Å². The summed E-state index contributed by atoms with van der Waals surface area (Å²) in [6, 6.07) is 5.63. The number of amides is 1. The zero-order valence-corrected chi connectivity index (χ0v) is 13.0. The molecule has 0 bridgehead atoms. The van der Waals surface area contributed by atoms with Gasteiger partial charge in [-0.1, -0.05) is 17.7 Å². The summed E-state index contributed by atoms with van der Waals surface area (Å²) >= 11 is 0. The lowest BCUT2D eigenvalue weighted by Gasteiger charge is -2.16. The van der Waals surface area contributed by atoms with Crippen LogP contribution in [0.15, 0.2) is 18.2 Å². The van der Waals surface area contributed by atoms with Gasteiger partial charge in [0.05, 0.1) is 13.0 Å². The summed E-state index contributed by atoms with van der Waals surface area (Å²) in [5.74, 6) is -0.369. The Morgan fingerprint density at radius 1 is 1.32 bits per heavy atom. The number of nitrogens with one attached hydrogen (secondary N) is 1. The Morgan fingerprint density at radius 3 is 2.59 bits per heavy atom. The molecule has 1 aromatic carbocycles. The van der Waals surface area contributed by atoms with Crippen LogP contribution in [0.5, 0.6) is 0 Å². The van der Waals surface area contributed by atoms with E-state index in [0.717, 1.165) is 11.1 Å². The number of carbonyl (C=O) groups excluding carboxylic acids is 1. The van der Waals surface area contributed by atoms with Gasteiger partial charge >= 0.3 is 6.18 Å². The van der Waals surface area contributed by atoms with Crippen molar-refractivity contribution < 1.29 is 22.7 Å². The van der Waals surface area contributed by atoms with Crippen LogP contribution in [-0.4, -0.2) is 44.3 Å².